The van der Waals surface area contributed by atoms with Crippen molar-refractivity contribution >= 4 is 11.8 Å². The fourth-order valence-corrected chi connectivity index (χ4v) is 2.13. The van der Waals surface area contributed by atoms with E-state index in [0.29, 0.717) is 19.6 Å². The summed E-state index contributed by atoms with van der Waals surface area (Å²) in [6.07, 6.45) is 1.88. The molecule has 0 radical (unpaired) electrons. The number of hydrogen-bond donors (Lipinski definition) is 1. The van der Waals surface area contributed by atoms with E-state index in [0.717, 1.165) is 0 Å². The minimum absolute atomic E-state index is 0.0990. The molecule has 1 aromatic heterocycles. The maximum atomic E-state index is 12.1. The molecule has 0 spiro atoms. The van der Waals surface area contributed by atoms with Crippen LogP contribution in [0.5, 0.6) is 0 Å². The average Bonchev–Trinajstić information content (AvgIpc) is 2.40. The molecule has 2 amide bonds. The van der Waals surface area contributed by atoms with Crippen LogP contribution in [-0.4, -0.2) is 40.4 Å². The van der Waals surface area contributed by atoms with Crippen LogP contribution in [0.4, 0.5) is 0 Å². The van der Waals surface area contributed by atoms with E-state index in [1.54, 1.807) is 30.2 Å². The summed E-state index contributed by atoms with van der Waals surface area (Å²) >= 11 is 0. The first kappa shape index (κ1) is 13.3. The van der Waals surface area contributed by atoms with E-state index in [9.17, 15) is 14.4 Å². The van der Waals surface area contributed by atoms with Gasteiger partial charge in [-0.15, -0.1) is 0 Å². The summed E-state index contributed by atoms with van der Waals surface area (Å²) in [4.78, 5) is 36.6. The molecule has 2 heterocycles. The Balaban J connectivity index is 1.96. The number of nitrogens with one attached hydrogen (secondary N) is 1. The predicted octanol–water partition coefficient (Wildman–Crippen LogP) is -0.415. The molecule has 102 valence electrons. The molecular weight excluding hydrogens is 246 g/mol. The second-order valence-electron chi connectivity index (χ2n) is 4.54. The van der Waals surface area contributed by atoms with Crippen LogP contribution in [0.1, 0.15) is 13.3 Å². The van der Waals surface area contributed by atoms with Crippen LogP contribution in [0.3, 0.4) is 0 Å². The predicted molar refractivity (Wildman–Crippen MR) is 69.5 cm³/mol. The minimum atomic E-state index is -0.436. The van der Waals surface area contributed by atoms with Crippen LogP contribution in [0.2, 0.25) is 0 Å². The number of nitrogens with zero attached hydrogens (tertiary/aromatic N) is 2. The first-order chi connectivity index (χ1) is 9.09. The van der Waals surface area contributed by atoms with E-state index in [2.05, 4.69) is 5.32 Å². The Kier molecular flexibility index (Phi) is 3.99. The van der Waals surface area contributed by atoms with Crippen LogP contribution in [0.25, 0.3) is 0 Å². The average molecular weight is 263 g/mol. The number of aryl methyl sites for hydroxylation is 1. The fourth-order valence-electron chi connectivity index (χ4n) is 2.13. The summed E-state index contributed by atoms with van der Waals surface area (Å²) in [7, 11) is 0. The number of carbonyl (C=O) groups excluding carboxylic acids is 2. The van der Waals surface area contributed by atoms with Crippen LogP contribution < -0.4 is 10.9 Å². The molecule has 6 nitrogen and oxygen atoms in total. The standard InChI is InChI=1S/C13H17N3O3/c1-10-13(19)14-6-9-16(10)12(18)5-8-15-7-3-2-4-11(15)17/h2-4,7,10H,5-6,8-9H2,1H3,(H,14,19). The lowest BCUT2D eigenvalue weighted by Crippen LogP contribution is -2.56. The van der Waals surface area contributed by atoms with Gasteiger partial charge in [-0.25, -0.2) is 0 Å². The van der Waals surface area contributed by atoms with Crippen molar-refractivity contribution in [3.63, 3.8) is 0 Å². The molecule has 1 atom stereocenters. The van der Waals surface area contributed by atoms with Gasteiger partial charge in [0.25, 0.3) is 5.56 Å². The second-order valence-corrected chi connectivity index (χ2v) is 4.54. The summed E-state index contributed by atoms with van der Waals surface area (Å²) in [5.74, 6) is -0.227. The Morgan fingerprint density at radius 1 is 1.42 bits per heavy atom. The Morgan fingerprint density at radius 3 is 2.95 bits per heavy atom. The molecule has 2 rings (SSSR count). The van der Waals surface area contributed by atoms with Crippen molar-refractivity contribution in [2.45, 2.75) is 25.9 Å². The molecule has 19 heavy (non-hydrogen) atoms. The van der Waals surface area contributed by atoms with Crippen LogP contribution >= 0.6 is 0 Å². The third-order valence-corrected chi connectivity index (χ3v) is 3.28. The van der Waals surface area contributed by atoms with Crippen molar-refractivity contribution in [2.24, 2.45) is 0 Å². The van der Waals surface area contributed by atoms with Crippen molar-refractivity contribution in [1.29, 1.82) is 0 Å². The SMILES string of the molecule is CC1C(=O)NCCN1C(=O)CCn1ccccc1=O. The van der Waals surface area contributed by atoms with E-state index in [1.165, 1.54) is 10.6 Å². The van der Waals surface area contributed by atoms with Gasteiger partial charge in [0.1, 0.15) is 6.04 Å². The van der Waals surface area contributed by atoms with Crippen molar-refractivity contribution in [2.75, 3.05) is 13.1 Å². The van der Waals surface area contributed by atoms with Gasteiger partial charge < -0.3 is 14.8 Å². The molecular formula is C13H17N3O3. The summed E-state index contributed by atoms with van der Waals surface area (Å²) < 4.78 is 1.49. The summed E-state index contributed by atoms with van der Waals surface area (Å²) in [5, 5.41) is 2.71. The lowest BCUT2D eigenvalue weighted by atomic mass is 10.2. The molecule has 1 N–H and O–H groups in total. The molecule has 1 fully saturated rings. The topological polar surface area (TPSA) is 71.4 Å². The number of carbonyl (C=O) groups is 2. The molecule has 1 saturated heterocycles. The van der Waals surface area contributed by atoms with Crippen molar-refractivity contribution in [3.8, 4) is 0 Å². The monoisotopic (exact) mass is 263 g/mol. The van der Waals surface area contributed by atoms with Gasteiger partial charge in [0.15, 0.2) is 0 Å². The molecule has 0 aliphatic carbocycles. The number of pyridine rings is 1. The zero-order valence-electron chi connectivity index (χ0n) is 10.8. The van der Waals surface area contributed by atoms with E-state index < -0.39 is 6.04 Å². The van der Waals surface area contributed by atoms with Crippen molar-refractivity contribution in [3.05, 3.63) is 34.7 Å². The smallest absolute Gasteiger partial charge is 0.250 e. The van der Waals surface area contributed by atoms with Crippen LogP contribution in [0.15, 0.2) is 29.2 Å². The molecule has 6 heteroatoms. The third-order valence-electron chi connectivity index (χ3n) is 3.28. The van der Waals surface area contributed by atoms with Gasteiger partial charge in [-0.1, -0.05) is 6.07 Å². The number of rotatable bonds is 3. The zero-order chi connectivity index (χ0) is 13.8. The quantitative estimate of drug-likeness (QED) is 0.805. The first-order valence-corrected chi connectivity index (χ1v) is 6.32. The maximum Gasteiger partial charge on any atom is 0.250 e. The summed E-state index contributed by atoms with van der Waals surface area (Å²) in [6.45, 7) is 3.06. The van der Waals surface area contributed by atoms with Crippen molar-refractivity contribution < 1.29 is 9.59 Å². The molecule has 0 saturated carbocycles. The lowest BCUT2D eigenvalue weighted by molar-refractivity contribution is -0.142. The number of amides is 2. The van der Waals surface area contributed by atoms with E-state index >= 15 is 0 Å². The number of hydrogen-bond acceptors (Lipinski definition) is 3. The van der Waals surface area contributed by atoms with Gasteiger partial charge in [-0.3, -0.25) is 14.4 Å². The normalized spacial score (nSPS) is 19.1. The second kappa shape index (κ2) is 5.69. The van der Waals surface area contributed by atoms with E-state index in [-0.39, 0.29) is 23.8 Å². The Morgan fingerprint density at radius 2 is 2.21 bits per heavy atom. The van der Waals surface area contributed by atoms with Gasteiger partial charge in [0, 0.05) is 38.3 Å². The van der Waals surface area contributed by atoms with Gasteiger partial charge in [0.05, 0.1) is 0 Å². The van der Waals surface area contributed by atoms with Gasteiger partial charge >= 0.3 is 0 Å². The van der Waals surface area contributed by atoms with E-state index in [1.807, 2.05) is 0 Å². The van der Waals surface area contributed by atoms with Gasteiger partial charge in [0.2, 0.25) is 11.8 Å². The number of piperazine rings is 1. The lowest BCUT2D eigenvalue weighted by Gasteiger charge is -2.32. The minimum Gasteiger partial charge on any atom is -0.353 e. The molecule has 1 aliphatic rings. The largest absolute Gasteiger partial charge is 0.353 e. The first-order valence-electron chi connectivity index (χ1n) is 6.32. The summed E-state index contributed by atoms with van der Waals surface area (Å²) in [6, 6.07) is 4.44. The highest BCUT2D eigenvalue weighted by atomic mass is 16.2. The molecule has 0 aromatic carbocycles. The Bertz CT molecular complexity index is 538. The third kappa shape index (κ3) is 3.01. The Hall–Kier alpha value is -2.11. The maximum absolute atomic E-state index is 12.1. The van der Waals surface area contributed by atoms with Crippen LogP contribution in [0, 0.1) is 0 Å². The summed E-state index contributed by atoms with van der Waals surface area (Å²) in [5.41, 5.74) is -0.125. The molecule has 1 aliphatic heterocycles. The Labute approximate surface area is 111 Å². The van der Waals surface area contributed by atoms with Gasteiger partial charge in [-0.2, -0.15) is 0 Å². The fraction of sp³-hybridized carbons (Fsp3) is 0.462. The highest BCUT2D eigenvalue weighted by Crippen LogP contribution is 2.06. The molecule has 1 aromatic rings. The zero-order valence-corrected chi connectivity index (χ0v) is 10.8. The van der Waals surface area contributed by atoms with Crippen molar-refractivity contribution in [1.82, 2.24) is 14.8 Å². The van der Waals surface area contributed by atoms with E-state index in [4.69, 9.17) is 0 Å². The van der Waals surface area contributed by atoms with Gasteiger partial charge in [-0.05, 0) is 13.0 Å². The molecule has 1 unspecified atom stereocenters. The highest BCUT2D eigenvalue weighted by molar-refractivity contribution is 5.88. The number of aromatic nitrogens is 1. The van der Waals surface area contributed by atoms with Crippen LogP contribution in [-0.2, 0) is 16.1 Å². The molecule has 0 bridgehead atoms. The highest BCUT2D eigenvalue weighted by Gasteiger charge is 2.28.